The van der Waals surface area contributed by atoms with Crippen LogP contribution in [0.5, 0.6) is 11.5 Å². The summed E-state index contributed by atoms with van der Waals surface area (Å²) in [6.07, 6.45) is 3.90. The van der Waals surface area contributed by atoms with E-state index in [0.29, 0.717) is 11.5 Å². The number of anilines is 4. The number of hydrogen-bond donors (Lipinski definition) is 0. The van der Waals surface area contributed by atoms with E-state index in [2.05, 4.69) is 145 Å². The van der Waals surface area contributed by atoms with Crippen LogP contribution in [0.15, 0.2) is 122 Å². The van der Waals surface area contributed by atoms with Gasteiger partial charge in [-0.05, 0) is 40.2 Å². The van der Waals surface area contributed by atoms with E-state index in [1.54, 1.807) is 0 Å². The molecule has 3 aliphatic heterocycles. The molecule has 0 amide bonds. The summed E-state index contributed by atoms with van der Waals surface area (Å²) in [5.74, 6) is 2.08. The quantitative estimate of drug-likeness (QED) is 0.101. The summed E-state index contributed by atoms with van der Waals surface area (Å²) < 4.78 is 9.01. The Morgan fingerprint density at radius 1 is 0.654 bits per heavy atom. The van der Waals surface area contributed by atoms with Crippen molar-refractivity contribution in [3.63, 3.8) is 0 Å². The van der Waals surface area contributed by atoms with Gasteiger partial charge in [0.1, 0.15) is 5.82 Å². The van der Waals surface area contributed by atoms with Gasteiger partial charge < -0.3 is 18.8 Å². The number of pyridine rings is 2. The van der Waals surface area contributed by atoms with E-state index in [1.165, 1.54) is 38.8 Å². The number of aromatic nitrogens is 3. The molecule has 3 aliphatic rings. The predicted octanol–water partition coefficient (Wildman–Crippen LogP) is 9.66. The maximum Gasteiger partial charge on any atom is 2.00 e. The summed E-state index contributed by atoms with van der Waals surface area (Å²) in [5.41, 5.74) is 11.3. The smallest absolute Gasteiger partial charge is 0.503 e. The fourth-order valence-corrected chi connectivity index (χ4v) is 8.83. The molecule has 0 N–H and O–H groups in total. The zero-order valence-corrected chi connectivity index (χ0v) is 31.4. The Morgan fingerprint density at radius 2 is 1.42 bits per heavy atom. The summed E-state index contributed by atoms with van der Waals surface area (Å²) in [6, 6.07) is 45.7. The molecule has 0 saturated heterocycles. The number of para-hydroxylation sites is 2. The second-order valence-electron chi connectivity index (χ2n) is 14.9. The molecule has 252 valence electrons. The Morgan fingerprint density at radius 3 is 2.27 bits per heavy atom. The molecule has 0 aliphatic carbocycles. The average Bonchev–Trinajstić information content (AvgIpc) is 3.76. The van der Waals surface area contributed by atoms with Gasteiger partial charge in [-0.25, -0.2) is 4.98 Å². The Balaban J connectivity index is 0.00000338. The summed E-state index contributed by atoms with van der Waals surface area (Å²) in [7, 11) is 0. The van der Waals surface area contributed by atoms with E-state index in [1.807, 2.05) is 30.5 Å². The van der Waals surface area contributed by atoms with Crippen LogP contribution in [-0.4, -0.2) is 21.4 Å². The van der Waals surface area contributed by atoms with Gasteiger partial charge in [0.15, 0.2) is 0 Å². The third-order valence-corrected chi connectivity index (χ3v) is 12.0. The van der Waals surface area contributed by atoms with Crippen molar-refractivity contribution in [2.75, 3.05) is 9.62 Å². The topological polar surface area (TPSA) is 45.9 Å². The number of benzene rings is 5. The van der Waals surface area contributed by atoms with E-state index in [9.17, 15) is 0 Å². The van der Waals surface area contributed by atoms with Gasteiger partial charge in [-0.1, -0.05) is 123 Å². The predicted molar refractivity (Wildman–Crippen MR) is 206 cm³/mol. The second kappa shape index (κ2) is 10.8. The fraction of sp³-hybridized carbons (Fsp3) is 0.136. The Labute approximate surface area is 317 Å². The van der Waals surface area contributed by atoms with Crippen molar-refractivity contribution in [1.29, 1.82) is 0 Å². The first-order valence-corrected chi connectivity index (χ1v) is 17.5. The van der Waals surface area contributed by atoms with Crippen LogP contribution in [0.25, 0.3) is 38.4 Å². The van der Waals surface area contributed by atoms with Crippen LogP contribution in [0.2, 0.25) is 0 Å². The van der Waals surface area contributed by atoms with Crippen LogP contribution in [0, 0.1) is 12.1 Å². The fourth-order valence-electron chi connectivity index (χ4n) is 8.83. The minimum absolute atomic E-state index is 0. The van der Waals surface area contributed by atoms with Crippen molar-refractivity contribution >= 4 is 62.6 Å². The second-order valence-corrected chi connectivity index (χ2v) is 14.9. The molecular weight excluding hydrogens is 820 g/mol. The van der Waals surface area contributed by atoms with Crippen molar-refractivity contribution in [3.8, 4) is 22.6 Å². The summed E-state index contributed by atoms with van der Waals surface area (Å²) in [6.45, 7) is 9.22. The minimum Gasteiger partial charge on any atom is -0.503 e. The van der Waals surface area contributed by atoms with Crippen molar-refractivity contribution in [3.05, 3.63) is 145 Å². The molecule has 0 bridgehead atoms. The summed E-state index contributed by atoms with van der Waals surface area (Å²) in [5, 5.41) is 3.27. The number of nitrogens with zero attached hydrogens (tertiary/aromatic N) is 5. The molecule has 8 aromatic rings. The van der Waals surface area contributed by atoms with Gasteiger partial charge >= 0.3 is 28.0 Å². The first-order valence-electron chi connectivity index (χ1n) is 17.5. The van der Waals surface area contributed by atoms with Crippen LogP contribution < -0.4 is 19.8 Å². The van der Waals surface area contributed by atoms with Crippen molar-refractivity contribution in [2.24, 2.45) is 0 Å². The van der Waals surface area contributed by atoms with Crippen LogP contribution in [0.1, 0.15) is 39.0 Å². The first-order chi connectivity index (χ1) is 24.8. The zero-order valence-electron chi connectivity index (χ0n) is 29.1. The van der Waals surface area contributed by atoms with E-state index in [0.717, 1.165) is 39.3 Å². The molecule has 52 heavy (non-hydrogen) atoms. The number of hydrogen-bond acceptors (Lipinski definition) is 5. The molecule has 0 radical (unpaired) electrons. The molecule has 6 heterocycles. The maximum absolute atomic E-state index is 6.65. The van der Waals surface area contributed by atoms with Crippen LogP contribution in [-0.2, 0) is 31.9 Å². The average molecular weight is 853 g/mol. The molecule has 0 fully saturated rings. The van der Waals surface area contributed by atoms with Gasteiger partial charge in [0.25, 0.3) is 0 Å². The Bertz CT molecular complexity index is 2780. The molecule has 0 atom stereocenters. The van der Waals surface area contributed by atoms with Gasteiger partial charge in [0.05, 0.1) is 5.65 Å². The molecule has 0 saturated carbocycles. The third kappa shape index (κ3) is 3.95. The maximum atomic E-state index is 6.65. The van der Waals surface area contributed by atoms with E-state index < -0.39 is 0 Å². The number of imidazole rings is 1. The van der Waals surface area contributed by atoms with Crippen molar-refractivity contribution in [1.82, 2.24) is 14.4 Å². The van der Waals surface area contributed by atoms with E-state index in [4.69, 9.17) is 14.7 Å². The van der Waals surface area contributed by atoms with E-state index >= 15 is 0 Å². The molecular formula is C44H32BN5OPt. The molecule has 0 spiro atoms. The van der Waals surface area contributed by atoms with Gasteiger partial charge in [-0.2, -0.15) is 0 Å². The molecule has 11 rings (SSSR count). The molecule has 8 heteroatoms. The van der Waals surface area contributed by atoms with E-state index in [-0.39, 0.29) is 38.9 Å². The normalized spacial score (nSPS) is 15.7. The Kier molecular flexibility index (Phi) is 6.52. The number of fused-ring (bicyclic) bond motifs is 11. The standard InChI is InChI=1S/C44H32BN5O.Pt/c1-43(2)34-15-11-14-32-29-21-19-27(24-33(29)42-47-26-39(44(43,3)4)48(42)41(32)34)51-28-20-22-37-38(25-28)50(40-18-9-10-23-46-40)45-35-16-7-5-12-30(35)31-13-6-8-17-36(31)49(37)45;/h5-23,26H,1-4H3;/q-2;+2. The first kappa shape index (κ1) is 31.4. The largest absolute Gasteiger partial charge is 2.00 e. The van der Waals surface area contributed by atoms with Crippen LogP contribution >= 0.6 is 0 Å². The monoisotopic (exact) mass is 852 g/mol. The van der Waals surface area contributed by atoms with Crippen molar-refractivity contribution in [2.45, 2.75) is 38.5 Å². The minimum atomic E-state index is -0.131. The van der Waals surface area contributed by atoms with Gasteiger partial charge in [0.2, 0.25) is 0 Å². The van der Waals surface area contributed by atoms with Gasteiger partial charge in [-0.3, -0.25) is 4.98 Å². The summed E-state index contributed by atoms with van der Waals surface area (Å²) >= 11 is 0. The molecule has 5 aromatic carbocycles. The SMILES string of the molecule is CC1(C)c2cccc3c4ccc(Oc5[c-]c6c(cc5)N5B(c7ccccc7-c7ccccc75)N6c5ccccn5)[c-]c4c4ncc(n4c23)C1(C)C.[Pt+2]. The molecule has 6 nitrogen and oxygen atoms in total. The number of rotatable bonds is 3. The Hall–Kier alpha value is -5.39. The zero-order chi connectivity index (χ0) is 34.2. The van der Waals surface area contributed by atoms with Crippen molar-refractivity contribution < 1.29 is 25.8 Å². The molecule has 3 aromatic heterocycles. The molecule has 0 unspecified atom stereocenters. The van der Waals surface area contributed by atoms with Gasteiger partial charge in [-0.15, -0.1) is 30.3 Å². The van der Waals surface area contributed by atoms with Crippen LogP contribution in [0.4, 0.5) is 22.9 Å². The van der Waals surface area contributed by atoms with Gasteiger partial charge in [0, 0.05) is 57.2 Å². The third-order valence-electron chi connectivity index (χ3n) is 12.0. The number of ether oxygens (including phenoxy) is 1. The van der Waals surface area contributed by atoms with Crippen LogP contribution in [0.3, 0.4) is 0 Å². The summed E-state index contributed by atoms with van der Waals surface area (Å²) in [4.78, 5) is 14.6.